The number of nitrogens with two attached hydrogens (primary N) is 2. The lowest BCUT2D eigenvalue weighted by molar-refractivity contribution is -0.121. The van der Waals surface area contributed by atoms with Gasteiger partial charge in [-0.2, -0.15) is 0 Å². The van der Waals surface area contributed by atoms with Crippen molar-refractivity contribution >= 4 is 11.8 Å². The zero-order valence-electron chi connectivity index (χ0n) is 34.9. The molecule has 0 saturated carbocycles. The van der Waals surface area contributed by atoms with Crippen LogP contribution in [0.4, 0.5) is 0 Å². The maximum Gasteiger partial charge on any atom is 0.221 e. The van der Waals surface area contributed by atoms with E-state index in [0.29, 0.717) is 52.2 Å². The molecule has 0 aliphatic carbocycles. The Morgan fingerprint density at radius 3 is 1.10 bits per heavy atom. The molecule has 4 unspecified atom stereocenters. The summed E-state index contributed by atoms with van der Waals surface area (Å²) >= 11 is 0. The van der Waals surface area contributed by atoms with Crippen LogP contribution < -0.4 is 48.7 Å². The quantitative estimate of drug-likeness (QED) is 0.0460. The average molecular weight is 730 g/mol. The molecule has 0 rings (SSSR count). The van der Waals surface area contributed by atoms with Crippen LogP contribution in [-0.4, -0.2) is 125 Å². The third-order valence-electron chi connectivity index (χ3n) is 9.61. The highest BCUT2D eigenvalue weighted by Gasteiger charge is 2.30. The van der Waals surface area contributed by atoms with E-state index in [1.54, 1.807) is 0 Å². The summed E-state index contributed by atoms with van der Waals surface area (Å²) in [5, 5.41) is 23.1. The van der Waals surface area contributed by atoms with Crippen molar-refractivity contribution in [3.8, 4) is 0 Å². The molecule has 0 fully saturated rings. The van der Waals surface area contributed by atoms with E-state index in [1.165, 1.54) is 0 Å². The van der Waals surface area contributed by atoms with E-state index in [2.05, 4.69) is 106 Å². The second-order valence-electron chi connectivity index (χ2n) is 17.1. The van der Waals surface area contributed by atoms with Gasteiger partial charge in [0.2, 0.25) is 11.8 Å². The van der Waals surface area contributed by atoms with Gasteiger partial charge in [0.05, 0.1) is 24.4 Å². The van der Waals surface area contributed by atoms with E-state index < -0.39 is 0 Å². The Morgan fingerprint density at radius 1 is 0.510 bits per heavy atom. The van der Waals surface area contributed by atoms with Gasteiger partial charge in [-0.15, -0.1) is 0 Å². The fourth-order valence-electron chi connectivity index (χ4n) is 5.62. The third kappa shape index (κ3) is 26.9. The minimum atomic E-state index is -0.253. The number of hydrogen-bond acceptors (Lipinski definition) is 11. The molecule has 0 aromatic carbocycles. The number of nitrogens with one attached hydrogen (secondary N) is 7. The smallest absolute Gasteiger partial charge is 0.221 e. The Balaban J connectivity index is 3.79. The number of ether oxygens (including phenoxy) is 2. The van der Waals surface area contributed by atoms with E-state index >= 15 is 0 Å². The van der Waals surface area contributed by atoms with Gasteiger partial charge in [-0.05, 0) is 93.9 Å². The topological polar surface area (TPSA) is 189 Å². The normalized spacial score (nSPS) is 15.3. The molecule has 11 N–H and O–H groups in total. The van der Waals surface area contributed by atoms with Gasteiger partial charge in [-0.1, -0.05) is 13.8 Å². The molecule has 0 aliphatic rings. The van der Waals surface area contributed by atoms with Gasteiger partial charge in [-0.3, -0.25) is 9.59 Å². The van der Waals surface area contributed by atoms with Gasteiger partial charge >= 0.3 is 0 Å². The molecule has 51 heavy (non-hydrogen) atoms. The second kappa shape index (κ2) is 25.6. The summed E-state index contributed by atoms with van der Waals surface area (Å²) in [5.74, 6) is 0.646. The molecule has 0 spiro atoms. The van der Waals surface area contributed by atoms with Gasteiger partial charge in [0.1, 0.15) is 0 Å². The zero-order chi connectivity index (χ0) is 39.1. The van der Waals surface area contributed by atoms with Crippen LogP contribution in [0.1, 0.15) is 109 Å². The largest absolute Gasteiger partial charge is 0.375 e. The van der Waals surface area contributed by atoms with Gasteiger partial charge in [-0.25, -0.2) is 0 Å². The number of carbonyl (C=O) groups excluding carboxylic acids is 2. The molecule has 0 heterocycles. The van der Waals surface area contributed by atoms with Gasteiger partial charge in [0, 0.05) is 101 Å². The first-order valence-electron chi connectivity index (χ1n) is 19.5. The Labute approximate surface area is 312 Å². The lowest BCUT2D eigenvalue weighted by Crippen LogP contribution is -2.49. The van der Waals surface area contributed by atoms with E-state index in [1.807, 2.05) is 13.8 Å². The van der Waals surface area contributed by atoms with Crippen LogP contribution in [0.2, 0.25) is 0 Å². The highest BCUT2D eigenvalue weighted by Crippen LogP contribution is 2.23. The lowest BCUT2D eigenvalue weighted by Gasteiger charge is -2.36. The highest BCUT2D eigenvalue weighted by molar-refractivity contribution is 5.76. The molecule has 0 bridgehead atoms. The molecule has 13 heteroatoms. The lowest BCUT2D eigenvalue weighted by atomic mass is 9.89. The van der Waals surface area contributed by atoms with Crippen LogP contribution in [0.3, 0.4) is 0 Å². The van der Waals surface area contributed by atoms with Gasteiger partial charge in [0.15, 0.2) is 0 Å². The van der Waals surface area contributed by atoms with Crippen LogP contribution in [-0.2, 0) is 19.1 Å². The Kier molecular flexibility index (Phi) is 24.9. The monoisotopic (exact) mass is 730 g/mol. The predicted octanol–water partition coefficient (Wildman–Crippen LogP) is 1.84. The van der Waals surface area contributed by atoms with Crippen molar-refractivity contribution in [1.82, 2.24) is 37.2 Å². The summed E-state index contributed by atoms with van der Waals surface area (Å²) < 4.78 is 12.3. The van der Waals surface area contributed by atoms with E-state index in [4.69, 9.17) is 20.9 Å². The molecular weight excluding hydrogens is 646 g/mol. The second-order valence-corrected chi connectivity index (χ2v) is 17.1. The minimum Gasteiger partial charge on any atom is -0.375 e. The average Bonchev–Trinajstić information content (AvgIpc) is 2.99. The highest BCUT2D eigenvalue weighted by atomic mass is 16.5. The van der Waals surface area contributed by atoms with Crippen LogP contribution in [0.25, 0.3) is 0 Å². The fourth-order valence-corrected chi connectivity index (χ4v) is 5.62. The van der Waals surface area contributed by atoms with Crippen LogP contribution in [0, 0.1) is 11.8 Å². The molecule has 304 valence electrons. The van der Waals surface area contributed by atoms with Crippen LogP contribution >= 0.6 is 0 Å². The molecule has 13 nitrogen and oxygen atoms in total. The molecule has 0 aromatic rings. The zero-order valence-corrected chi connectivity index (χ0v) is 34.9. The summed E-state index contributed by atoms with van der Waals surface area (Å²) in [6, 6.07) is 0.200. The molecule has 0 aliphatic heterocycles. The van der Waals surface area contributed by atoms with Crippen molar-refractivity contribution in [3.05, 3.63) is 0 Å². The van der Waals surface area contributed by atoms with Crippen molar-refractivity contribution in [2.75, 3.05) is 78.7 Å². The fraction of sp³-hybridized carbons (Fsp3) is 0.947. The Hall–Kier alpha value is -1.42. The number of amides is 2. The number of carbonyl (C=O) groups is 2. The minimum absolute atomic E-state index is 0.0487. The summed E-state index contributed by atoms with van der Waals surface area (Å²) in [6.45, 7) is 33.8. The van der Waals surface area contributed by atoms with Crippen LogP contribution in [0.15, 0.2) is 0 Å². The molecule has 0 radical (unpaired) electrons. The maximum absolute atomic E-state index is 12.3. The van der Waals surface area contributed by atoms with Crippen molar-refractivity contribution in [2.45, 2.75) is 143 Å². The van der Waals surface area contributed by atoms with Crippen molar-refractivity contribution < 1.29 is 19.1 Å². The maximum atomic E-state index is 12.3. The third-order valence-corrected chi connectivity index (χ3v) is 9.61. The first-order valence-corrected chi connectivity index (χ1v) is 19.5. The Bertz CT molecular complexity index is 857. The standard InChI is InChI=1S/C38H83N9O4/c1-29(27-50-35(5,6)25-31(3)39)37(9,10)46-15-13-33(48)44-23-21-42-19-17-41-18-20-43-22-24-45-34(49)14-16-47-38(11,12)30(2)28-51-36(7,8)26-32(4)40/h29-32,41-43,46-47H,13-28,39-40H2,1-12H3,(H,44,48)(H,45,49). The molecule has 0 aromatic heterocycles. The van der Waals surface area contributed by atoms with E-state index in [-0.39, 0.29) is 58.0 Å². The first-order chi connectivity index (χ1) is 23.6. The summed E-state index contributed by atoms with van der Waals surface area (Å²) in [6.07, 6.45) is 2.49. The van der Waals surface area contributed by atoms with E-state index in [9.17, 15) is 9.59 Å². The number of hydrogen-bond donors (Lipinski definition) is 9. The predicted molar refractivity (Wildman–Crippen MR) is 213 cm³/mol. The van der Waals surface area contributed by atoms with E-state index in [0.717, 1.165) is 52.1 Å². The van der Waals surface area contributed by atoms with Crippen molar-refractivity contribution in [2.24, 2.45) is 23.3 Å². The molecule has 0 saturated heterocycles. The SMILES string of the molecule is CC(N)CC(C)(C)OCC(C)C(C)(C)NCCC(=O)NCCNCCNCCNCCNC(=O)CCNC(C)(C)C(C)COC(C)(C)CC(C)N. The number of rotatable bonds is 32. The molecule has 2 amide bonds. The molecular formula is C38H83N9O4. The van der Waals surface area contributed by atoms with Crippen LogP contribution in [0.5, 0.6) is 0 Å². The van der Waals surface area contributed by atoms with Crippen molar-refractivity contribution in [1.29, 1.82) is 0 Å². The Morgan fingerprint density at radius 2 is 0.804 bits per heavy atom. The van der Waals surface area contributed by atoms with Crippen molar-refractivity contribution in [3.63, 3.8) is 0 Å². The summed E-state index contributed by atoms with van der Waals surface area (Å²) in [5.41, 5.74) is 11.1. The molecule has 4 atom stereocenters. The van der Waals surface area contributed by atoms with Gasteiger partial charge < -0.3 is 58.2 Å². The summed E-state index contributed by atoms with van der Waals surface area (Å²) in [7, 11) is 0. The summed E-state index contributed by atoms with van der Waals surface area (Å²) in [4.78, 5) is 24.6. The van der Waals surface area contributed by atoms with Gasteiger partial charge in [0.25, 0.3) is 0 Å². The first kappa shape index (κ1) is 49.6.